The summed E-state index contributed by atoms with van der Waals surface area (Å²) in [7, 11) is 0. The van der Waals surface area contributed by atoms with Crippen molar-refractivity contribution in [3.63, 3.8) is 0 Å². The predicted molar refractivity (Wildman–Crippen MR) is 74.7 cm³/mol. The lowest BCUT2D eigenvalue weighted by molar-refractivity contribution is 0.470. The van der Waals surface area contributed by atoms with E-state index in [2.05, 4.69) is 26.2 Å². The van der Waals surface area contributed by atoms with E-state index in [-0.39, 0.29) is 5.56 Å². The summed E-state index contributed by atoms with van der Waals surface area (Å²) >= 11 is 3.42. The average molecular weight is 308 g/mol. The third-order valence-corrected chi connectivity index (χ3v) is 4.06. The molecule has 94 valence electrons. The Balaban J connectivity index is 2.03. The molecule has 1 aromatic heterocycles. The predicted octanol–water partition coefficient (Wildman–Crippen LogP) is 1.77. The van der Waals surface area contributed by atoms with Gasteiger partial charge in [0.2, 0.25) is 0 Å². The van der Waals surface area contributed by atoms with Crippen LogP contribution in [0.3, 0.4) is 0 Å². The zero-order valence-corrected chi connectivity index (χ0v) is 11.5. The molecule has 0 spiro atoms. The summed E-state index contributed by atoms with van der Waals surface area (Å²) in [5.74, 6) is 0.536. The smallest absolute Gasteiger partial charge is 0.261 e. The minimum Gasteiger partial charge on any atom is -0.316 e. The van der Waals surface area contributed by atoms with Crippen LogP contribution in [0.2, 0.25) is 0 Å². The molecule has 1 unspecified atom stereocenters. The molecule has 2 aromatic rings. The molecule has 4 nitrogen and oxygen atoms in total. The lowest BCUT2D eigenvalue weighted by Gasteiger charge is -2.11. The van der Waals surface area contributed by atoms with Gasteiger partial charge in [-0.15, -0.1) is 0 Å². The van der Waals surface area contributed by atoms with Crippen molar-refractivity contribution >= 4 is 26.8 Å². The first-order valence-corrected chi connectivity index (χ1v) is 6.89. The van der Waals surface area contributed by atoms with Gasteiger partial charge >= 0.3 is 0 Å². The van der Waals surface area contributed by atoms with Crippen molar-refractivity contribution in [2.75, 3.05) is 13.1 Å². The van der Waals surface area contributed by atoms with E-state index in [4.69, 9.17) is 0 Å². The minimum atomic E-state index is 0.0493. The number of nitrogens with zero attached hydrogens (tertiary/aromatic N) is 2. The Kier molecular flexibility index (Phi) is 3.18. The molecular formula is C13H14BrN3O. The minimum absolute atomic E-state index is 0.0493. The van der Waals surface area contributed by atoms with Gasteiger partial charge in [0.05, 0.1) is 17.2 Å². The van der Waals surface area contributed by atoms with Gasteiger partial charge in [-0.05, 0) is 53.5 Å². The molecule has 0 radical (unpaired) electrons. The van der Waals surface area contributed by atoms with Crippen LogP contribution in [0.15, 0.2) is 33.8 Å². The molecular weight excluding hydrogens is 294 g/mol. The molecule has 2 heterocycles. The zero-order chi connectivity index (χ0) is 12.5. The van der Waals surface area contributed by atoms with Gasteiger partial charge in [0.25, 0.3) is 5.56 Å². The normalized spacial score (nSPS) is 19.5. The molecule has 0 saturated carbocycles. The Morgan fingerprint density at radius 3 is 3.17 bits per heavy atom. The topological polar surface area (TPSA) is 46.9 Å². The highest BCUT2D eigenvalue weighted by Crippen LogP contribution is 2.19. The Bertz CT molecular complexity index is 632. The van der Waals surface area contributed by atoms with Crippen LogP contribution >= 0.6 is 15.9 Å². The lowest BCUT2D eigenvalue weighted by atomic mass is 10.1. The summed E-state index contributed by atoms with van der Waals surface area (Å²) in [6.07, 6.45) is 2.79. The monoisotopic (exact) mass is 307 g/mol. The SMILES string of the molecule is O=c1c2cccc(Br)c2ncn1CC1CCNC1. The van der Waals surface area contributed by atoms with E-state index >= 15 is 0 Å². The Hall–Kier alpha value is -1.20. The van der Waals surface area contributed by atoms with Gasteiger partial charge in [0.15, 0.2) is 0 Å². The number of aromatic nitrogens is 2. The standard InChI is InChI=1S/C13H14BrN3O/c14-11-3-1-2-10-12(11)16-8-17(13(10)18)7-9-4-5-15-6-9/h1-3,8-9,15H,4-7H2. The molecule has 1 N–H and O–H groups in total. The maximum atomic E-state index is 12.4. The molecule has 1 fully saturated rings. The van der Waals surface area contributed by atoms with Gasteiger partial charge in [-0.25, -0.2) is 4.98 Å². The van der Waals surface area contributed by atoms with Gasteiger partial charge in [-0.2, -0.15) is 0 Å². The van der Waals surface area contributed by atoms with Gasteiger partial charge in [-0.1, -0.05) is 6.07 Å². The van der Waals surface area contributed by atoms with Crippen LogP contribution in [0.4, 0.5) is 0 Å². The Morgan fingerprint density at radius 1 is 1.50 bits per heavy atom. The van der Waals surface area contributed by atoms with Crippen LogP contribution in [0, 0.1) is 5.92 Å². The summed E-state index contributed by atoms with van der Waals surface area (Å²) in [5.41, 5.74) is 0.788. The number of hydrogen-bond donors (Lipinski definition) is 1. The number of benzene rings is 1. The number of rotatable bonds is 2. The summed E-state index contributed by atoms with van der Waals surface area (Å²) in [6, 6.07) is 5.61. The molecule has 5 heteroatoms. The molecule has 1 aromatic carbocycles. The molecule has 18 heavy (non-hydrogen) atoms. The van der Waals surface area contributed by atoms with E-state index in [0.717, 1.165) is 36.0 Å². The van der Waals surface area contributed by atoms with E-state index in [1.54, 1.807) is 10.9 Å². The molecule has 3 rings (SSSR count). The fraction of sp³-hybridized carbons (Fsp3) is 0.385. The zero-order valence-electron chi connectivity index (χ0n) is 9.90. The van der Waals surface area contributed by atoms with E-state index in [1.807, 2.05) is 18.2 Å². The molecule has 1 saturated heterocycles. The first kappa shape index (κ1) is 11.9. The molecule has 1 aliphatic heterocycles. The van der Waals surface area contributed by atoms with Gasteiger partial charge < -0.3 is 5.32 Å². The highest BCUT2D eigenvalue weighted by Gasteiger charge is 2.16. The molecule has 0 bridgehead atoms. The van der Waals surface area contributed by atoms with Crippen molar-refractivity contribution in [3.05, 3.63) is 39.4 Å². The summed E-state index contributed by atoms with van der Waals surface area (Å²) < 4.78 is 2.60. The number of halogens is 1. The van der Waals surface area contributed by atoms with Crippen molar-refractivity contribution in [1.82, 2.24) is 14.9 Å². The van der Waals surface area contributed by atoms with Crippen molar-refractivity contribution in [2.24, 2.45) is 5.92 Å². The Labute approximate surface area is 113 Å². The molecule has 1 aliphatic rings. The maximum Gasteiger partial charge on any atom is 0.261 e. The highest BCUT2D eigenvalue weighted by molar-refractivity contribution is 9.10. The second-order valence-corrected chi connectivity index (χ2v) is 5.55. The van der Waals surface area contributed by atoms with Crippen molar-refractivity contribution in [2.45, 2.75) is 13.0 Å². The van der Waals surface area contributed by atoms with E-state index in [9.17, 15) is 4.79 Å². The number of para-hydroxylation sites is 1. The fourth-order valence-electron chi connectivity index (χ4n) is 2.43. The second kappa shape index (κ2) is 4.82. The fourth-order valence-corrected chi connectivity index (χ4v) is 2.90. The summed E-state index contributed by atoms with van der Waals surface area (Å²) in [6.45, 7) is 2.79. The first-order chi connectivity index (χ1) is 8.75. The first-order valence-electron chi connectivity index (χ1n) is 6.10. The number of hydrogen-bond acceptors (Lipinski definition) is 3. The largest absolute Gasteiger partial charge is 0.316 e. The van der Waals surface area contributed by atoms with Crippen molar-refractivity contribution in [3.8, 4) is 0 Å². The average Bonchev–Trinajstić information content (AvgIpc) is 2.86. The summed E-state index contributed by atoms with van der Waals surface area (Å²) in [5, 5.41) is 3.99. The molecule has 0 aliphatic carbocycles. The van der Waals surface area contributed by atoms with Gasteiger partial charge in [-0.3, -0.25) is 9.36 Å². The maximum absolute atomic E-state index is 12.4. The van der Waals surface area contributed by atoms with Crippen molar-refractivity contribution < 1.29 is 0 Å². The quantitative estimate of drug-likeness (QED) is 0.920. The van der Waals surface area contributed by atoms with Crippen LogP contribution in [0.25, 0.3) is 10.9 Å². The third kappa shape index (κ3) is 2.08. The van der Waals surface area contributed by atoms with E-state index in [1.165, 1.54) is 0 Å². The highest BCUT2D eigenvalue weighted by atomic mass is 79.9. The van der Waals surface area contributed by atoms with Crippen molar-refractivity contribution in [1.29, 1.82) is 0 Å². The van der Waals surface area contributed by atoms with E-state index in [0.29, 0.717) is 11.3 Å². The third-order valence-electron chi connectivity index (χ3n) is 3.42. The van der Waals surface area contributed by atoms with Gasteiger partial charge in [0, 0.05) is 11.0 Å². The van der Waals surface area contributed by atoms with Crippen LogP contribution in [-0.4, -0.2) is 22.6 Å². The van der Waals surface area contributed by atoms with Crippen LogP contribution in [0.5, 0.6) is 0 Å². The number of fused-ring (bicyclic) bond motifs is 1. The molecule has 0 amide bonds. The second-order valence-electron chi connectivity index (χ2n) is 4.70. The van der Waals surface area contributed by atoms with E-state index < -0.39 is 0 Å². The van der Waals surface area contributed by atoms with Gasteiger partial charge in [0.1, 0.15) is 0 Å². The van der Waals surface area contributed by atoms with Crippen LogP contribution in [0.1, 0.15) is 6.42 Å². The summed E-state index contributed by atoms with van der Waals surface area (Å²) in [4.78, 5) is 16.7. The molecule has 1 atom stereocenters. The Morgan fingerprint density at radius 2 is 2.39 bits per heavy atom. The number of nitrogens with one attached hydrogen (secondary N) is 1. The van der Waals surface area contributed by atoms with Crippen LogP contribution in [-0.2, 0) is 6.54 Å². The lowest BCUT2D eigenvalue weighted by Crippen LogP contribution is -2.25. The van der Waals surface area contributed by atoms with Crippen LogP contribution < -0.4 is 10.9 Å².